The highest BCUT2D eigenvalue weighted by Crippen LogP contribution is 2.25. The maximum absolute atomic E-state index is 12.9. The summed E-state index contributed by atoms with van der Waals surface area (Å²) in [6, 6.07) is 8.59. The van der Waals surface area contributed by atoms with Crippen molar-refractivity contribution in [3.05, 3.63) is 35.9 Å². The molecular formula is C24H37N3O5. The van der Waals surface area contributed by atoms with Crippen LogP contribution in [0.3, 0.4) is 0 Å². The van der Waals surface area contributed by atoms with Crippen molar-refractivity contribution in [2.45, 2.75) is 78.2 Å². The van der Waals surface area contributed by atoms with Crippen molar-refractivity contribution in [3.8, 4) is 0 Å². The molecule has 0 aromatic heterocycles. The van der Waals surface area contributed by atoms with Crippen LogP contribution < -0.4 is 16.0 Å². The van der Waals surface area contributed by atoms with Gasteiger partial charge in [0, 0.05) is 12.6 Å². The molecule has 0 heterocycles. The lowest BCUT2D eigenvalue weighted by Gasteiger charge is -2.27. The number of benzene rings is 1. The first kappa shape index (κ1) is 25.5. The zero-order chi connectivity index (χ0) is 23.7. The predicted molar refractivity (Wildman–Crippen MR) is 122 cm³/mol. The van der Waals surface area contributed by atoms with Gasteiger partial charge in [0.2, 0.25) is 5.91 Å². The summed E-state index contributed by atoms with van der Waals surface area (Å²) in [7, 11) is 0. The van der Waals surface area contributed by atoms with Crippen LogP contribution in [-0.4, -0.2) is 42.3 Å². The van der Waals surface area contributed by atoms with Crippen molar-refractivity contribution in [3.63, 3.8) is 0 Å². The largest absolute Gasteiger partial charge is 0.445 e. The number of alkyl carbamates (subject to hydrolysis) is 2. The molecule has 32 heavy (non-hydrogen) atoms. The van der Waals surface area contributed by atoms with E-state index in [-0.39, 0.29) is 30.4 Å². The predicted octanol–water partition coefficient (Wildman–Crippen LogP) is 3.75. The Kier molecular flexibility index (Phi) is 9.35. The maximum atomic E-state index is 12.9. The van der Waals surface area contributed by atoms with E-state index in [4.69, 9.17) is 9.47 Å². The summed E-state index contributed by atoms with van der Waals surface area (Å²) in [6.07, 6.45) is 1.61. The van der Waals surface area contributed by atoms with Crippen LogP contribution in [0.5, 0.6) is 0 Å². The summed E-state index contributed by atoms with van der Waals surface area (Å²) < 4.78 is 10.5. The van der Waals surface area contributed by atoms with Crippen LogP contribution in [0.15, 0.2) is 30.3 Å². The number of amides is 3. The van der Waals surface area contributed by atoms with Crippen LogP contribution in [0, 0.1) is 11.8 Å². The number of hydrogen-bond donors (Lipinski definition) is 3. The molecule has 3 atom stereocenters. The Bertz CT molecular complexity index is 761. The molecule has 1 aliphatic rings. The Hall–Kier alpha value is -2.77. The molecule has 178 valence electrons. The minimum Gasteiger partial charge on any atom is -0.445 e. The SMILES string of the molecule is CC(C)[C@H](NC(=O)OCc1ccccc1)C(=O)NC1CCCC1CNC(=O)OC(C)(C)C. The highest BCUT2D eigenvalue weighted by Gasteiger charge is 2.33. The molecule has 2 rings (SSSR count). The number of hydrogen-bond acceptors (Lipinski definition) is 5. The standard InChI is InChI=1S/C24H37N3O5/c1-16(2)20(27-23(30)31-15-17-10-7-6-8-11-17)21(28)26-19-13-9-12-18(19)14-25-22(29)32-24(3,4)5/h6-8,10-11,16,18-20H,9,12-15H2,1-5H3,(H,25,29)(H,26,28)(H,27,30)/t18?,19?,20-/m0/s1. The summed E-state index contributed by atoms with van der Waals surface area (Å²) >= 11 is 0. The van der Waals surface area contributed by atoms with Gasteiger partial charge in [-0.1, -0.05) is 50.6 Å². The van der Waals surface area contributed by atoms with E-state index in [1.165, 1.54) is 0 Å². The molecule has 1 aromatic rings. The van der Waals surface area contributed by atoms with E-state index in [0.29, 0.717) is 6.54 Å². The lowest BCUT2D eigenvalue weighted by molar-refractivity contribution is -0.125. The van der Waals surface area contributed by atoms with E-state index in [0.717, 1.165) is 24.8 Å². The number of carbonyl (C=O) groups excluding carboxylic acids is 3. The van der Waals surface area contributed by atoms with Crippen molar-refractivity contribution >= 4 is 18.1 Å². The Labute approximate surface area is 190 Å². The molecule has 3 amide bonds. The molecule has 1 aromatic carbocycles. The number of ether oxygens (including phenoxy) is 2. The Balaban J connectivity index is 1.85. The zero-order valence-corrected chi connectivity index (χ0v) is 19.8. The fraction of sp³-hybridized carbons (Fsp3) is 0.625. The Morgan fingerprint density at radius 1 is 1.06 bits per heavy atom. The van der Waals surface area contributed by atoms with E-state index >= 15 is 0 Å². The maximum Gasteiger partial charge on any atom is 0.408 e. The fourth-order valence-corrected chi connectivity index (χ4v) is 3.70. The quantitative estimate of drug-likeness (QED) is 0.563. The molecule has 0 spiro atoms. The van der Waals surface area contributed by atoms with Gasteiger partial charge in [0.1, 0.15) is 18.2 Å². The van der Waals surface area contributed by atoms with E-state index in [2.05, 4.69) is 16.0 Å². The van der Waals surface area contributed by atoms with Crippen LogP contribution >= 0.6 is 0 Å². The first-order valence-electron chi connectivity index (χ1n) is 11.3. The van der Waals surface area contributed by atoms with Gasteiger partial charge in [-0.3, -0.25) is 4.79 Å². The summed E-state index contributed by atoms with van der Waals surface area (Å²) in [4.78, 5) is 37.1. The van der Waals surface area contributed by atoms with Gasteiger partial charge in [-0.05, 0) is 51.0 Å². The van der Waals surface area contributed by atoms with Crippen molar-refractivity contribution in [1.82, 2.24) is 16.0 Å². The molecule has 0 saturated heterocycles. The monoisotopic (exact) mass is 447 g/mol. The number of nitrogens with one attached hydrogen (secondary N) is 3. The topological polar surface area (TPSA) is 106 Å². The minimum atomic E-state index is -0.710. The summed E-state index contributed by atoms with van der Waals surface area (Å²) in [6.45, 7) is 9.76. The second-order valence-corrected chi connectivity index (χ2v) is 9.62. The van der Waals surface area contributed by atoms with E-state index in [1.54, 1.807) is 0 Å². The van der Waals surface area contributed by atoms with Crippen LogP contribution in [0.2, 0.25) is 0 Å². The third-order valence-corrected chi connectivity index (χ3v) is 5.33. The molecule has 8 heteroatoms. The van der Waals surface area contributed by atoms with Gasteiger partial charge in [0.05, 0.1) is 0 Å². The number of carbonyl (C=O) groups is 3. The molecule has 1 fully saturated rings. The van der Waals surface area contributed by atoms with Gasteiger partial charge in [0.25, 0.3) is 0 Å². The summed E-state index contributed by atoms with van der Waals surface area (Å²) in [5, 5.41) is 8.55. The van der Waals surface area contributed by atoms with Crippen molar-refractivity contribution in [2.75, 3.05) is 6.54 Å². The minimum absolute atomic E-state index is 0.0687. The van der Waals surface area contributed by atoms with Gasteiger partial charge in [-0.15, -0.1) is 0 Å². The summed E-state index contributed by atoms with van der Waals surface area (Å²) in [5.41, 5.74) is 0.318. The first-order chi connectivity index (χ1) is 15.0. The van der Waals surface area contributed by atoms with Gasteiger partial charge in [-0.2, -0.15) is 0 Å². The molecule has 1 aliphatic carbocycles. The van der Waals surface area contributed by atoms with Gasteiger partial charge in [-0.25, -0.2) is 9.59 Å². The fourth-order valence-electron chi connectivity index (χ4n) is 3.70. The van der Waals surface area contributed by atoms with Crippen LogP contribution in [-0.2, 0) is 20.9 Å². The average molecular weight is 448 g/mol. The normalized spacial score (nSPS) is 19.2. The lowest BCUT2D eigenvalue weighted by atomic mass is 10.0. The van der Waals surface area contributed by atoms with Crippen molar-refractivity contribution in [1.29, 1.82) is 0 Å². The zero-order valence-electron chi connectivity index (χ0n) is 19.8. The second kappa shape index (κ2) is 11.7. The molecule has 2 unspecified atom stereocenters. The summed E-state index contributed by atoms with van der Waals surface area (Å²) in [5.74, 6) is -0.242. The first-order valence-corrected chi connectivity index (χ1v) is 11.3. The molecule has 0 bridgehead atoms. The average Bonchev–Trinajstić information content (AvgIpc) is 3.15. The highest BCUT2D eigenvalue weighted by atomic mass is 16.6. The van der Waals surface area contributed by atoms with Crippen LogP contribution in [0.4, 0.5) is 9.59 Å². The van der Waals surface area contributed by atoms with Crippen LogP contribution in [0.25, 0.3) is 0 Å². The van der Waals surface area contributed by atoms with Crippen LogP contribution in [0.1, 0.15) is 59.4 Å². The molecule has 1 saturated carbocycles. The molecule has 3 N–H and O–H groups in total. The van der Waals surface area contributed by atoms with E-state index in [9.17, 15) is 14.4 Å². The smallest absolute Gasteiger partial charge is 0.408 e. The van der Waals surface area contributed by atoms with Gasteiger partial charge >= 0.3 is 12.2 Å². The third-order valence-electron chi connectivity index (χ3n) is 5.33. The van der Waals surface area contributed by atoms with Gasteiger partial charge < -0.3 is 25.4 Å². The number of rotatable bonds is 8. The Morgan fingerprint density at radius 3 is 2.38 bits per heavy atom. The Morgan fingerprint density at radius 2 is 1.75 bits per heavy atom. The molecule has 0 aliphatic heterocycles. The molecular weight excluding hydrogens is 410 g/mol. The van der Waals surface area contributed by atoms with E-state index < -0.39 is 23.8 Å². The van der Waals surface area contributed by atoms with Gasteiger partial charge in [0.15, 0.2) is 0 Å². The van der Waals surface area contributed by atoms with E-state index in [1.807, 2.05) is 65.0 Å². The second-order valence-electron chi connectivity index (χ2n) is 9.62. The molecule has 8 nitrogen and oxygen atoms in total. The lowest BCUT2D eigenvalue weighted by Crippen LogP contribution is -2.53. The highest BCUT2D eigenvalue weighted by molar-refractivity contribution is 5.86. The molecule has 0 radical (unpaired) electrons. The third kappa shape index (κ3) is 8.77. The van der Waals surface area contributed by atoms with Crippen molar-refractivity contribution < 1.29 is 23.9 Å². The van der Waals surface area contributed by atoms with Crippen molar-refractivity contribution in [2.24, 2.45) is 11.8 Å².